The molecule has 1 aromatic carbocycles. The molecule has 1 saturated heterocycles. The lowest BCUT2D eigenvalue weighted by Crippen LogP contribution is -2.47. The van der Waals surface area contributed by atoms with Crippen LogP contribution in [0.15, 0.2) is 30.3 Å². The zero-order valence-corrected chi connectivity index (χ0v) is 16.5. The lowest BCUT2D eigenvalue weighted by atomic mass is 9.88. The first-order valence-corrected chi connectivity index (χ1v) is 10.3. The van der Waals surface area contributed by atoms with E-state index in [9.17, 15) is 18.4 Å². The van der Waals surface area contributed by atoms with Crippen LogP contribution in [0, 0.1) is 5.92 Å². The summed E-state index contributed by atoms with van der Waals surface area (Å²) in [4.78, 5) is 26.5. The van der Waals surface area contributed by atoms with Crippen LogP contribution in [0.25, 0.3) is 6.08 Å². The summed E-state index contributed by atoms with van der Waals surface area (Å²) in [6.45, 7) is -1.79. The molecule has 7 heteroatoms. The molecule has 1 aliphatic heterocycles. The molecule has 0 bridgehead atoms. The molecule has 1 saturated carbocycles. The number of halogens is 2. The van der Waals surface area contributed by atoms with Gasteiger partial charge in [-0.3, -0.25) is 9.59 Å². The van der Waals surface area contributed by atoms with Gasteiger partial charge in [0.15, 0.2) is 0 Å². The maximum Gasteiger partial charge on any atom is 0.387 e. The highest BCUT2D eigenvalue weighted by Gasteiger charge is 2.26. The molecule has 2 aliphatic rings. The van der Waals surface area contributed by atoms with Crippen LogP contribution in [0.3, 0.4) is 0 Å². The van der Waals surface area contributed by atoms with Crippen molar-refractivity contribution in [1.82, 2.24) is 10.2 Å². The summed E-state index contributed by atoms with van der Waals surface area (Å²) in [7, 11) is 0. The van der Waals surface area contributed by atoms with Crippen LogP contribution in [0.4, 0.5) is 8.78 Å². The Morgan fingerprint density at radius 2 is 1.76 bits per heavy atom. The Balaban J connectivity index is 1.47. The molecular formula is C22H28F2N2O3. The van der Waals surface area contributed by atoms with Crippen molar-refractivity contribution in [3.63, 3.8) is 0 Å². The molecule has 5 nitrogen and oxygen atoms in total. The standard InChI is InChI=1S/C22H28F2N2O3/c23-22(24)29-19-9-5-4-6-16(19)10-11-20(27)26-14-12-18(13-15-26)25-21(28)17-7-2-1-3-8-17/h4-6,9-11,17-18,22H,1-3,7-8,12-15H2,(H,25,28)/b11-10+. The Morgan fingerprint density at radius 1 is 1.07 bits per heavy atom. The third-order valence-electron chi connectivity index (χ3n) is 5.67. The molecule has 0 atom stereocenters. The third-order valence-corrected chi connectivity index (χ3v) is 5.67. The van der Waals surface area contributed by atoms with E-state index in [4.69, 9.17) is 0 Å². The van der Waals surface area contributed by atoms with Gasteiger partial charge in [-0.2, -0.15) is 8.78 Å². The number of nitrogens with one attached hydrogen (secondary N) is 1. The number of piperidine rings is 1. The van der Waals surface area contributed by atoms with Gasteiger partial charge in [0, 0.05) is 36.7 Å². The number of carbonyl (C=O) groups is 2. The highest BCUT2D eigenvalue weighted by Crippen LogP contribution is 2.25. The van der Waals surface area contributed by atoms with Gasteiger partial charge in [0.1, 0.15) is 5.75 Å². The lowest BCUT2D eigenvalue weighted by molar-refractivity contribution is -0.128. The molecule has 3 rings (SSSR count). The molecule has 0 radical (unpaired) electrons. The molecule has 29 heavy (non-hydrogen) atoms. The number of nitrogens with zero attached hydrogens (tertiary/aromatic N) is 1. The fourth-order valence-corrected chi connectivity index (χ4v) is 4.02. The smallest absolute Gasteiger partial charge is 0.387 e. The van der Waals surface area contributed by atoms with Gasteiger partial charge in [0.25, 0.3) is 0 Å². The largest absolute Gasteiger partial charge is 0.434 e. The van der Waals surface area contributed by atoms with Crippen LogP contribution < -0.4 is 10.1 Å². The number of ether oxygens (including phenoxy) is 1. The molecule has 158 valence electrons. The van der Waals surface area contributed by atoms with Gasteiger partial charge in [-0.25, -0.2) is 0 Å². The van der Waals surface area contributed by atoms with Crippen LogP contribution in [-0.4, -0.2) is 42.5 Å². The molecule has 1 aliphatic carbocycles. The minimum absolute atomic E-state index is 0.0377. The number of alkyl halides is 2. The SMILES string of the molecule is O=C(NC1CCN(C(=O)/C=C/c2ccccc2OC(F)F)CC1)C1CCCCC1. The van der Waals surface area contributed by atoms with Gasteiger partial charge in [0.2, 0.25) is 11.8 Å². The van der Waals surface area contributed by atoms with Crippen molar-refractivity contribution in [2.45, 2.75) is 57.6 Å². The van der Waals surface area contributed by atoms with Crippen LogP contribution in [0.1, 0.15) is 50.5 Å². The molecule has 1 heterocycles. The molecular weight excluding hydrogens is 378 g/mol. The number of likely N-dealkylation sites (tertiary alicyclic amines) is 1. The average molecular weight is 406 g/mol. The summed E-state index contributed by atoms with van der Waals surface area (Å²) in [6.07, 6.45) is 9.76. The van der Waals surface area contributed by atoms with Gasteiger partial charge in [0.05, 0.1) is 0 Å². The van der Waals surface area contributed by atoms with E-state index < -0.39 is 6.61 Å². The van der Waals surface area contributed by atoms with E-state index in [1.54, 1.807) is 23.1 Å². The van der Waals surface area contributed by atoms with Crippen molar-refractivity contribution in [1.29, 1.82) is 0 Å². The maximum absolute atomic E-state index is 12.5. The molecule has 2 fully saturated rings. The molecule has 1 N–H and O–H groups in total. The van der Waals surface area contributed by atoms with Gasteiger partial charge < -0.3 is 15.0 Å². The Kier molecular flexibility index (Phi) is 7.61. The second kappa shape index (κ2) is 10.4. The van der Waals surface area contributed by atoms with Crippen molar-refractivity contribution >= 4 is 17.9 Å². The van der Waals surface area contributed by atoms with Crippen LogP contribution >= 0.6 is 0 Å². The molecule has 0 aromatic heterocycles. The summed E-state index contributed by atoms with van der Waals surface area (Å²) >= 11 is 0. The summed E-state index contributed by atoms with van der Waals surface area (Å²) in [5.41, 5.74) is 0.427. The lowest BCUT2D eigenvalue weighted by Gasteiger charge is -2.33. The monoisotopic (exact) mass is 406 g/mol. The number of benzene rings is 1. The number of carbonyl (C=O) groups excluding carboxylic acids is 2. The number of rotatable bonds is 6. The molecule has 0 unspecified atom stereocenters. The Morgan fingerprint density at radius 3 is 2.45 bits per heavy atom. The summed E-state index contributed by atoms with van der Waals surface area (Å²) in [5, 5.41) is 3.15. The number of hydrogen-bond acceptors (Lipinski definition) is 3. The highest BCUT2D eigenvalue weighted by molar-refractivity contribution is 5.92. The van der Waals surface area contributed by atoms with Crippen LogP contribution in [0.5, 0.6) is 5.75 Å². The summed E-state index contributed by atoms with van der Waals surface area (Å²) < 4.78 is 29.4. The van der Waals surface area contributed by atoms with Crippen molar-refractivity contribution < 1.29 is 23.1 Å². The summed E-state index contributed by atoms with van der Waals surface area (Å²) in [5.74, 6) is 0.163. The van der Waals surface area contributed by atoms with Crippen molar-refractivity contribution in [2.75, 3.05) is 13.1 Å². The minimum atomic E-state index is -2.91. The Hall–Kier alpha value is -2.44. The second-order valence-electron chi connectivity index (χ2n) is 7.69. The van der Waals surface area contributed by atoms with Crippen LogP contribution in [-0.2, 0) is 9.59 Å². The van der Waals surface area contributed by atoms with E-state index in [-0.39, 0.29) is 29.5 Å². The molecule has 1 aromatic rings. The minimum Gasteiger partial charge on any atom is -0.434 e. The predicted octanol–water partition coefficient (Wildman–Crippen LogP) is 3.99. The predicted molar refractivity (Wildman–Crippen MR) is 106 cm³/mol. The van der Waals surface area contributed by atoms with E-state index in [0.717, 1.165) is 38.5 Å². The van der Waals surface area contributed by atoms with E-state index in [0.29, 0.717) is 18.7 Å². The average Bonchev–Trinajstić information content (AvgIpc) is 2.73. The Bertz CT molecular complexity index is 725. The number of hydrogen-bond donors (Lipinski definition) is 1. The van der Waals surface area contributed by atoms with E-state index in [1.165, 1.54) is 24.6 Å². The van der Waals surface area contributed by atoms with Gasteiger partial charge >= 0.3 is 6.61 Å². The quantitative estimate of drug-likeness (QED) is 0.727. The fourth-order valence-electron chi connectivity index (χ4n) is 4.02. The van der Waals surface area contributed by atoms with E-state index in [2.05, 4.69) is 10.1 Å². The number of para-hydroxylation sites is 1. The van der Waals surface area contributed by atoms with Gasteiger partial charge in [-0.15, -0.1) is 0 Å². The first-order valence-electron chi connectivity index (χ1n) is 10.3. The van der Waals surface area contributed by atoms with Crippen LogP contribution in [0.2, 0.25) is 0 Å². The van der Waals surface area contributed by atoms with Gasteiger partial charge in [-0.1, -0.05) is 37.5 Å². The zero-order valence-electron chi connectivity index (χ0n) is 16.5. The normalized spacial score (nSPS) is 18.9. The van der Waals surface area contributed by atoms with Crippen molar-refractivity contribution in [3.8, 4) is 5.75 Å². The topological polar surface area (TPSA) is 58.6 Å². The van der Waals surface area contributed by atoms with Gasteiger partial charge in [-0.05, 0) is 37.8 Å². The van der Waals surface area contributed by atoms with E-state index >= 15 is 0 Å². The first kappa shape index (κ1) is 21.3. The Labute approximate surface area is 170 Å². The number of amides is 2. The van der Waals surface area contributed by atoms with Crippen molar-refractivity contribution in [3.05, 3.63) is 35.9 Å². The fraction of sp³-hybridized carbons (Fsp3) is 0.545. The third kappa shape index (κ3) is 6.27. The molecule has 2 amide bonds. The summed E-state index contributed by atoms with van der Waals surface area (Å²) in [6, 6.07) is 6.47. The molecule has 0 spiro atoms. The first-order chi connectivity index (χ1) is 14.0. The second-order valence-corrected chi connectivity index (χ2v) is 7.69. The highest BCUT2D eigenvalue weighted by atomic mass is 19.3. The van der Waals surface area contributed by atoms with Crippen molar-refractivity contribution in [2.24, 2.45) is 5.92 Å². The maximum atomic E-state index is 12.5. The zero-order chi connectivity index (χ0) is 20.6. The van der Waals surface area contributed by atoms with E-state index in [1.807, 2.05) is 0 Å².